The molecule has 2 fully saturated rings. The van der Waals surface area contributed by atoms with E-state index in [2.05, 4.69) is 26.3 Å². The molecule has 0 aromatic carbocycles. The molecule has 1 unspecified atom stereocenters. The molecule has 2 heterocycles. The number of aryl methyl sites for hydroxylation is 2. The maximum absolute atomic E-state index is 12.5. The van der Waals surface area contributed by atoms with Gasteiger partial charge in [0.25, 0.3) is 0 Å². The second-order valence-corrected chi connectivity index (χ2v) is 6.55. The van der Waals surface area contributed by atoms with Gasteiger partial charge in [-0.3, -0.25) is 14.3 Å². The van der Waals surface area contributed by atoms with E-state index >= 15 is 0 Å². The summed E-state index contributed by atoms with van der Waals surface area (Å²) in [4.78, 5) is 26.0. The molecule has 1 aliphatic heterocycles. The first-order valence-electron chi connectivity index (χ1n) is 7.29. The lowest BCUT2D eigenvalue weighted by atomic mass is 10.1. The second kappa shape index (κ2) is 5.44. The number of amides is 2. The normalized spacial score (nSPS) is 22.6. The third-order valence-electron chi connectivity index (χ3n) is 4.17. The van der Waals surface area contributed by atoms with Gasteiger partial charge in [0.1, 0.15) is 12.6 Å². The van der Waals surface area contributed by atoms with Crippen molar-refractivity contribution in [3.8, 4) is 0 Å². The number of piperazine rings is 1. The molecule has 2 amide bonds. The molecule has 1 saturated heterocycles. The fourth-order valence-corrected chi connectivity index (χ4v) is 3.53. The van der Waals surface area contributed by atoms with Crippen LogP contribution in [-0.2, 0) is 29.6 Å². The molecule has 1 N–H and O–H groups in total. The Labute approximate surface area is 132 Å². The molecular formula is C14H19BrN4O2. The fourth-order valence-electron chi connectivity index (χ4n) is 2.78. The van der Waals surface area contributed by atoms with Gasteiger partial charge in [0, 0.05) is 7.05 Å². The van der Waals surface area contributed by atoms with Crippen LogP contribution in [0, 0.1) is 5.92 Å². The van der Waals surface area contributed by atoms with Crippen LogP contribution >= 0.6 is 15.9 Å². The van der Waals surface area contributed by atoms with E-state index in [9.17, 15) is 9.59 Å². The van der Waals surface area contributed by atoms with Crippen molar-refractivity contribution < 1.29 is 9.59 Å². The minimum atomic E-state index is -0.330. The van der Waals surface area contributed by atoms with Gasteiger partial charge < -0.3 is 10.2 Å². The highest BCUT2D eigenvalue weighted by Crippen LogP contribution is 2.34. The van der Waals surface area contributed by atoms with Crippen molar-refractivity contribution in [3.63, 3.8) is 0 Å². The van der Waals surface area contributed by atoms with Crippen molar-refractivity contribution in [1.82, 2.24) is 20.0 Å². The molecule has 1 saturated carbocycles. The molecular weight excluding hydrogens is 336 g/mol. The van der Waals surface area contributed by atoms with Gasteiger partial charge in [-0.1, -0.05) is 6.92 Å². The van der Waals surface area contributed by atoms with Gasteiger partial charge in [-0.2, -0.15) is 5.10 Å². The van der Waals surface area contributed by atoms with Crippen LogP contribution in [0.3, 0.4) is 0 Å². The predicted molar refractivity (Wildman–Crippen MR) is 80.4 cm³/mol. The van der Waals surface area contributed by atoms with Gasteiger partial charge in [0.05, 0.1) is 22.4 Å². The maximum atomic E-state index is 12.5. The van der Waals surface area contributed by atoms with E-state index in [1.54, 1.807) is 9.58 Å². The summed E-state index contributed by atoms with van der Waals surface area (Å²) < 4.78 is 2.73. The van der Waals surface area contributed by atoms with Crippen LogP contribution in [0.2, 0.25) is 0 Å². The largest absolute Gasteiger partial charge is 0.342 e. The Morgan fingerprint density at radius 3 is 2.67 bits per heavy atom. The molecule has 21 heavy (non-hydrogen) atoms. The van der Waals surface area contributed by atoms with E-state index < -0.39 is 0 Å². The van der Waals surface area contributed by atoms with Gasteiger partial charge >= 0.3 is 0 Å². The Kier molecular flexibility index (Phi) is 3.77. The number of hydrogen-bond donors (Lipinski definition) is 1. The zero-order valence-corrected chi connectivity index (χ0v) is 13.8. The quantitative estimate of drug-likeness (QED) is 0.876. The molecule has 7 heteroatoms. The minimum Gasteiger partial charge on any atom is -0.342 e. The van der Waals surface area contributed by atoms with Crippen molar-refractivity contribution in [2.45, 2.75) is 38.8 Å². The van der Waals surface area contributed by atoms with Crippen LogP contribution in [0.15, 0.2) is 4.47 Å². The zero-order chi connectivity index (χ0) is 15.1. The first kappa shape index (κ1) is 14.6. The van der Waals surface area contributed by atoms with Gasteiger partial charge in [0.2, 0.25) is 11.8 Å². The molecule has 6 nitrogen and oxygen atoms in total. The molecule has 3 rings (SSSR count). The van der Waals surface area contributed by atoms with Crippen molar-refractivity contribution in [1.29, 1.82) is 0 Å². The number of carbonyl (C=O) groups is 2. The van der Waals surface area contributed by atoms with E-state index in [0.717, 1.165) is 35.1 Å². The summed E-state index contributed by atoms with van der Waals surface area (Å²) in [5.74, 6) is 0.286. The van der Waals surface area contributed by atoms with Crippen LogP contribution in [-0.4, -0.2) is 39.1 Å². The van der Waals surface area contributed by atoms with Gasteiger partial charge in [0.15, 0.2) is 0 Å². The summed E-state index contributed by atoms with van der Waals surface area (Å²) >= 11 is 3.56. The number of halogens is 1. The van der Waals surface area contributed by atoms with Gasteiger partial charge in [-0.15, -0.1) is 0 Å². The van der Waals surface area contributed by atoms with E-state index in [1.807, 2.05) is 14.0 Å². The third kappa shape index (κ3) is 2.71. The highest BCUT2D eigenvalue weighted by atomic mass is 79.9. The topological polar surface area (TPSA) is 67.2 Å². The van der Waals surface area contributed by atoms with Crippen LogP contribution in [0.25, 0.3) is 0 Å². The smallest absolute Gasteiger partial charge is 0.246 e. The Morgan fingerprint density at radius 2 is 2.10 bits per heavy atom. The molecule has 0 spiro atoms. The first-order chi connectivity index (χ1) is 10.0. The number of nitrogens with one attached hydrogen (secondary N) is 1. The van der Waals surface area contributed by atoms with E-state index in [0.29, 0.717) is 12.5 Å². The van der Waals surface area contributed by atoms with Crippen molar-refractivity contribution >= 4 is 27.7 Å². The standard InChI is InChI=1S/C14H19BrN4O2/c1-3-9-12(15)10(18(2)17-9)6-19-7-11(20)16-13(14(19)21)8-4-5-8/h8,13H,3-7H2,1-2H3,(H,16,20). The lowest BCUT2D eigenvalue weighted by molar-refractivity contribution is -0.145. The Hall–Kier alpha value is -1.37. The van der Waals surface area contributed by atoms with Crippen LogP contribution in [0.4, 0.5) is 0 Å². The SMILES string of the molecule is CCc1nn(C)c(CN2CC(=O)NC(C3CC3)C2=O)c1Br. The first-order valence-corrected chi connectivity index (χ1v) is 8.09. The van der Waals surface area contributed by atoms with Crippen molar-refractivity contribution in [2.75, 3.05) is 6.54 Å². The Morgan fingerprint density at radius 1 is 1.38 bits per heavy atom. The highest BCUT2D eigenvalue weighted by Gasteiger charge is 2.42. The molecule has 1 aromatic rings. The van der Waals surface area contributed by atoms with Crippen LogP contribution < -0.4 is 5.32 Å². The fraction of sp³-hybridized carbons (Fsp3) is 0.643. The summed E-state index contributed by atoms with van der Waals surface area (Å²) in [7, 11) is 1.87. The maximum Gasteiger partial charge on any atom is 0.246 e. The summed E-state index contributed by atoms with van der Waals surface area (Å²) in [5.41, 5.74) is 1.91. The number of rotatable bonds is 4. The molecule has 1 aromatic heterocycles. The lowest BCUT2D eigenvalue weighted by Gasteiger charge is -2.32. The average Bonchev–Trinajstić information content (AvgIpc) is 3.24. The van der Waals surface area contributed by atoms with Gasteiger partial charge in [-0.25, -0.2) is 0 Å². The molecule has 0 bridgehead atoms. The zero-order valence-electron chi connectivity index (χ0n) is 12.2. The Bertz CT molecular complexity index is 594. The number of nitrogens with zero attached hydrogens (tertiary/aromatic N) is 3. The van der Waals surface area contributed by atoms with Crippen molar-refractivity contribution in [2.24, 2.45) is 13.0 Å². The molecule has 1 aliphatic carbocycles. The monoisotopic (exact) mass is 354 g/mol. The molecule has 1 atom stereocenters. The second-order valence-electron chi connectivity index (χ2n) is 5.76. The number of hydrogen-bond acceptors (Lipinski definition) is 3. The average molecular weight is 355 g/mol. The summed E-state index contributed by atoms with van der Waals surface area (Å²) in [6.45, 7) is 2.58. The highest BCUT2D eigenvalue weighted by molar-refractivity contribution is 9.10. The summed E-state index contributed by atoms with van der Waals surface area (Å²) in [5, 5.41) is 7.26. The summed E-state index contributed by atoms with van der Waals surface area (Å²) in [6.07, 6.45) is 2.88. The number of carbonyl (C=O) groups excluding carboxylic acids is 2. The lowest BCUT2D eigenvalue weighted by Crippen LogP contribution is -2.58. The van der Waals surface area contributed by atoms with E-state index in [1.165, 1.54) is 0 Å². The Balaban J connectivity index is 1.81. The van der Waals surface area contributed by atoms with E-state index in [-0.39, 0.29) is 24.4 Å². The number of aromatic nitrogens is 2. The van der Waals surface area contributed by atoms with E-state index in [4.69, 9.17) is 0 Å². The summed E-state index contributed by atoms with van der Waals surface area (Å²) in [6, 6.07) is -0.330. The minimum absolute atomic E-state index is 0.0308. The molecule has 0 radical (unpaired) electrons. The molecule has 2 aliphatic rings. The van der Waals surface area contributed by atoms with Crippen LogP contribution in [0.1, 0.15) is 31.2 Å². The third-order valence-corrected chi connectivity index (χ3v) is 5.08. The predicted octanol–water partition coefficient (Wildman–Crippen LogP) is 0.982. The van der Waals surface area contributed by atoms with Gasteiger partial charge in [-0.05, 0) is 41.1 Å². The molecule has 114 valence electrons. The van der Waals surface area contributed by atoms with Crippen LogP contribution in [0.5, 0.6) is 0 Å². The van der Waals surface area contributed by atoms with Crippen molar-refractivity contribution in [3.05, 3.63) is 15.9 Å².